The molecule has 0 atom stereocenters. The highest BCUT2D eigenvalue weighted by atomic mass is 19.1. The van der Waals surface area contributed by atoms with Crippen molar-refractivity contribution in [1.82, 2.24) is 40.0 Å². The Kier molecular flexibility index (Phi) is 7.05. The molecule has 3 N–H and O–H groups in total. The minimum absolute atomic E-state index is 0.333. The molecule has 5 rings (SSSR count). The number of H-pyrrole nitrogens is 2. The van der Waals surface area contributed by atoms with Gasteiger partial charge in [-0.3, -0.25) is 15.1 Å². The van der Waals surface area contributed by atoms with E-state index < -0.39 is 0 Å². The van der Waals surface area contributed by atoms with Crippen molar-refractivity contribution in [3.05, 3.63) is 90.6 Å². The van der Waals surface area contributed by atoms with Crippen molar-refractivity contribution >= 4 is 22.3 Å². The molecule has 0 saturated carbocycles. The number of anilines is 1. The molecule has 9 nitrogen and oxygen atoms in total. The average molecular weight is 510 g/mol. The van der Waals surface area contributed by atoms with Crippen molar-refractivity contribution in [1.29, 1.82) is 0 Å². The van der Waals surface area contributed by atoms with E-state index in [-0.39, 0.29) is 5.82 Å². The van der Waals surface area contributed by atoms with E-state index in [1.807, 2.05) is 39.2 Å². The van der Waals surface area contributed by atoms with Gasteiger partial charge >= 0.3 is 0 Å². The van der Waals surface area contributed by atoms with Crippen LogP contribution in [0.4, 0.5) is 10.1 Å². The number of pyridine rings is 1. The van der Waals surface area contributed by atoms with Crippen LogP contribution in [-0.4, -0.2) is 67.2 Å². The third kappa shape index (κ3) is 5.21. The van der Waals surface area contributed by atoms with Gasteiger partial charge in [-0.25, -0.2) is 14.4 Å². The van der Waals surface area contributed by atoms with Crippen LogP contribution < -0.4 is 5.32 Å². The van der Waals surface area contributed by atoms with Gasteiger partial charge in [-0.15, -0.1) is 0 Å². The van der Waals surface area contributed by atoms with Crippen LogP contribution in [-0.2, 0) is 0 Å². The van der Waals surface area contributed by atoms with E-state index in [2.05, 4.69) is 46.9 Å². The Morgan fingerprint density at radius 3 is 2.76 bits per heavy atom. The molecule has 0 radical (unpaired) electrons. The quantitative estimate of drug-likeness (QED) is 0.244. The Balaban J connectivity index is 1.53. The molecular weight excluding hydrogens is 481 g/mol. The number of nitrogens with zero attached hydrogens (tertiary/aromatic N) is 6. The van der Waals surface area contributed by atoms with E-state index in [0.717, 1.165) is 28.8 Å². The van der Waals surface area contributed by atoms with Crippen LogP contribution in [0.3, 0.4) is 0 Å². The number of fused-ring (bicyclic) bond motifs is 1. The summed E-state index contributed by atoms with van der Waals surface area (Å²) in [4.78, 5) is 23.3. The lowest BCUT2D eigenvalue weighted by molar-refractivity contribution is 0.425. The molecule has 5 aromatic rings. The molecule has 10 heteroatoms. The highest BCUT2D eigenvalue weighted by Gasteiger charge is 2.19. The van der Waals surface area contributed by atoms with Crippen molar-refractivity contribution < 1.29 is 4.39 Å². The summed E-state index contributed by atoms with van der Waals surface area (Å²) in [5.41, 5.74) is 6.43. The number of halogens is 1. The topological polar surface area (TPSA) is 111 Å². The Labute approximate surface area is 219 Å². The molecule has 0 saturated heterocycles. The van der Waals surface area contributed by atoms with Crippen LogP contribution >= 0.6 is 0 Å². The summed E-state index contributed by atoms with van der Waals surface area (Å²) in [5.74, 6) is 0.259. The third-order valence-electron chi connectivity index (χ3n) is 6.03. The number of benzene rings is 1. The molecule has 192 valence electrons. The second-order valence-electron chi connectivity index (χ2n) is 9.12. The van der Waals surface area contributed by atoms with Gasteiger partial charge in [0, 0.05) is 54.2 Å². The second-order valence-corrected chi connectivity index (χ2v) is 9.12. The maximum atomic E-state index is 14.6. The molecule has 0 bridgehead atoms. The summed E-state index contributed by atoms with van der Waals surface area (Å²) >= 11 is 0. The molecule has 0 aliphatic rings. The largest absolute Gasteiger partial charge is 0.384 e. The zero-order valence-corrected chi connectivity index (χ0v) is 21.5. The maximum absolute atomic E-state index is 14.6. The van der Waals surface area contributed by atoms with Gasteiger partial charge in [0.15, 0.2) is 11.5 Å². The fourth-order valence-electron chi connectivity index (χ4n) is 4.21. The zero-order chi connectivity index (χ0) is 26.6. The summed E-state index contributed by atoms with van der Waals surface area (Å²) in [7, 11) is 3.99. The van der Waals surface area contributed by atoms with E-state index in [1.165, 1.54) is 12.1 Å². The average Bonchev–Trinajstić information content (AvgIpc) is 3.50. The first kappa shape index (κ1) is 25.0. The molecule has 0 amide bonds. The summed E-state index contributed by atoms with van der Waals surface area (Å²) in [5, 5.41) is 11.5. The first-order chi connectivity index (χ1) is 18.4. The number of rotatable bonds is 9. The van der Waals surface area contributed by atoms with Gasteiger partial charge in [-0.2, -0.15) is 5.10 Å². The SMILES string of the molecule is C=C/C=C(/c1cc(F)cc(NCCN(C)C)c1)c1nc(-c2[nH]nc3ncc(-c4cnccn4)cc23)[nH]c1C. The Morgan fingerprint density at radius 2 is 2.00 bits per heavy atom. The molecule has 0 unspecified atom stereocenters. The Hall–Kier alpha value is -4.70. The van der Waals surface area contributed by atoms with Crippen LogP contribution in [0.15, 0.2) is 67.8 Å². The first-order valence-corrected chi connectivity index (χ1v) is 12.1. The third-order valence-corrected chi connectivity index (χ3v) is 6.03. The second kappa shape index (κ2) is 10.7. The van der Waals surface area contributed by atoms with E-state index in [1.54, 1.807) is 30.9 Å². The number of imidazole rings is 1. The normalized spacial score (nSPS) is 11.9. The number of likely N-dealkylation sites (N-methyl/N-ethyl adjacent to an activating group) is 1. The minimum atomic E-state index is -0.333. The smallest absolute Gasteiger partial charge is 0.181 e. The molecule has 4 heterocycles. The number of nitrogens with one attached hydrogen (secondary N) is 3. The van der Waals surface area contributed by atoms with Crippen molar-refractivity contribution in [2.45, 2.75) is 6.92 Å². The van der Waals surface area contributed by atoms with Crippen LogP contribution in [0.1, 0.15) is 17.0 Å². The number of aromatic nitrogens is 7. The first-order valence-electron chi connectivity index (χ1n) is 12.1. The van der Waals surface area contributed by atoms with Gasteiger partial charge in [0.25, 0.3) is 0 Å². The monoisotopic (exact) mass is 509 g/mol. The fraction of sp³-hybridized carbons (Fsp3) is 0.179. The number of allylic oxidation sites excluding steroid dienone is 2. The predicted molar refractivity (Wildman–Crippen MR) is 148 cm³/mol. The van der Waals surface area contributed by atoms with E-state index in [4.69, 9.17) is 4.98 Å². The highest BCUT2D eigenvalue weighted by Crippen LogP contribution is 2.32. The number of aryl methyl sites for hydroxylation is 1. The summed E-state index contributed by atoms with van der Waals surface area (Å²) < 4.78 is 14.6. The molecule has 0 spiro atoms. The molecule has 1 aromatic carbocycles. The van der Waals surface area contributed by atoms with Crippen LogP contribution in [0, 0.1) is 12.7 Å². The Bertz CT molecular complexity index is 1620. The van der Waals surface area contributed by atoms with Crippen LogP contribution in [0.5, 0.6) is 0 Å². The molecule has 0 aliphatic heterocycles. The lowest BCUT2D eigenvalue weighted by Gasteiger charge is -2.13. The number of aromatic amines is 2. The number of hydrogen-bond acceptors (Lipinski definition) is 7. The minimum Gasteiger partial charge on any atom is -0.384 e. The van der Waals surface area contributed by atoms with Gasteiger partial charge < -0.3 is 15.2 Å². The van der Waals surface area contributed by atoms with Gasteiger partial charge in [0.2, 0.25) is 0 Å². The molecule has 0 fully saturated rings. The van der Waals surface area contributed by atoms with Gasteiger partial charge in [0.1, 0.15) is 11.5 Å². The van der Waals surface area contributed by atoms with E-state index in [0.29, 0.717) is 46.3 Å². The lowest BCUT2D eigenvalue weighted by atomic mass is 10.00. The Morgan fingerprint density at radius 1 is 1.13 bits per heavy atom. The lowest BCUT2D eigenvalue weighted by Crippen LogP contribution is -2.20. The zero-order valence-electron chi connectivity index (χ0n) is 21.5. The van der Waals surface area contributed by atoms with Gasteiger partial charge in [-0.1, -0.05) is 18.7 Å². The summed E-state index contributed by atoms with van der Waals surface area (Å²) in [6.07, 6.45) is 10.2. The van der Waals surface area contributed by atoms with E-state index >= 15 is 0 Å². The molecular formula is C28H28FN9. The van der Waals surface area contributed by atoms with Crippen molar-refractivity contribution in [2.24, 2.45) is 0 Å². The predicted octanol–water partition coefficient (Wildman–Crippen LogP) is 4.84. The molecule has 0 aliphatic carbocycles. The molecule has 4 aromatic heterocycles. The van der Waals surface area contributed by atoms with E-state index in [9.17, 15) is 4.39 Å². The molecule has 38 heavy (non-hydrogen) atoms. The van der Waals surface area contributed by atoms with Crippen molar-refractivity contribution in [2.75, 3.05) is 32.5 Å². The maximum Gasteiger partial charge on any atom is 0.181 e. The summed E-state index contributed by atoms with van der Waals surface area (Å²) in [6, 6.07) is 6.88. The summed E-state index contributed by atoms with van der Waals surface area (Å²) in [6.45, 7) is 7.32. The van der Waals surface area contributed by atoms with Crippen LogP contribution in [0.25, 0.3) is 39.4 Å². The fourth-order valence-corrected chi connectivity index (χ4v) is 4.21. The number of hydrogen-bond donors (Lipinski definition) is 3. The van der Waals surface area contributed by atoms with Crippen molar-refractivity contribution in [3.8, 4) is 22.8 Å². The standard InChI is InChI=1S/C28H28FN9/c1-5-6-22(18-11-20(29)14-21(12-18)31-9-10-38(3)4)25-17(2)34-28(35-25)26-23-13-19(15-33-27(23)37-36-26)24-16-30-7-8-32-24/h5-8,11-16,31H,1,9-10H2,2-4H3,(H,34,35)(H,33,36,37)/b22-6-. The van der Waals surface area contributed by atoms with Crippen LogP contribution in [0.2, 0.25) is 0 Å². The van der Waals surface area contributed by atoms with Gasteiger partial charge in [0.05, 0.1) is 23.0 Å². The van der Waals surface area contributed by atoms with Crippen molar-refractivity contribution in [3.63, 3.8) is 0 Å². The highest BCUT2D eigenvalue weighted by molar-refractivity contribution is 5.92. The van der Waals surface area contributed by atoms with Gasteiger partial charge in [-0.05, 0) is 50.8 Å².